The lowest BCUT2D eigenvalue weighted by Gasteiger charge is -2.32. The Morgan fingerprint density at radius 2 is 1.61 bits per heavy atom. The van der Waals surface area contributed by atoms with Crippen LogP contribution in [0.2, 0.25) is 0 Å². The van der Waals surface area contributed by atoms with Gasteiger partial charge >= 0.3 is 0 Å². The lowest BCUT2D eigenvalue weighted by Crippen LogP contribution is -2.45. The molecule has 2 fully saturated rings. The number of hydrogen-bond donors (Lipinski definition) is 1. The van der Waals surface area contributed by atoms with Crippen LogP contribution in [-0.4, -0.2) is 37.8 Å². The fraction of sp³-hybridized carbons (Fsp3) is 0.682. The predicted molar refractivity (Wildman–Crippen MR) is 112 cm³/mol. The fourth-order valence-corrected chi connectivity index (χ4v) is 6.04. The number of piperidine rings is 1. The highest BCUT2D eigenvalue weighted by Crippen LogP contribution is 2.24. The molecule has 28 heavy (non-hydrogen) atoms. The zero-order valence-corrected chi connectivity index (χ0v) is 17.8. The number of hydrogen-bond acceptors (Lipinski definition) is 3. The van der Waals surface area contributed by atoms with Crippen molar-refractivity contribution in [3.8, 4) is 0 Å². The van der Waals surface area contributed by atoms with E-state index in [0.29, 0.717) is 32.0 Å². The van der Waals surface area contributed by atoms with E-state index in [1.165, 1.54) is 32.1 Å². The van der Waals surface area contributed by atoms with Gasteiger partial charge in [-0.15, -0.1) is 0 Å². The topological polar surface area (TPSA) is 66.5 Å². The lowest BCUT2D eigenvalue weighted by atomic mass is 9.94. The van der Waals surface area contributed by atoms with Crippen molar-refractivity contribution in [3.05, 3.63) is 35.4 Å². The molecule has 3 rings (SSSR count). The van der Waals surface area contributed by atoms with Crippen LogP contribution in [0.15, 0.2) is 24.3 Å². The van der Waals surface area contributed by atoms with Crippen LogP contribution in [0.4, 0.5) is 0 Å². The smallest absolute Gasteiger partial charge is 0.223 e. The monoisotopic (exact) mass is 406 g/mol. The maximum Gasteiger partial charge on any atom is 0.223 e. The Bertz CT molecular complexity index is 747. The highest BCUT2D eigenvalue weighted by atomic mass is 32.2. The third-order valence-corrected chi connectivity index (χ3v) is 8.10. The van der Waals surface area contributed by atoms with E-state index in [2.05, 4.69) is 5.32 Å². The van der Waals surface area contributed by atoms with Crippen molar-refractivity contribution in [1.82, 2.24) is 9.62 Å². The minimum atomic E-state index is -3.34. The van der Waals surface area contributed by atoms with Crippen LogP contribution in [0, 0.1) is 12.8 Å². The number of amides is 1. The Morgan fingerprint density at radius 3 is 2.25 bits per heavy atom. The Hall–Kier alpha value is -1.40. The van der Waals surface area contributed by atoms with Gasteiger partial charge in [0.15, 0.2) is 0 Å². The average Bonchev–Trinajstić information content (AvgIpc) is 2.65. The highest BCUT2D eigenvalue weighted by Gasteiger charge is 2.32. The van der Waals surface area contributed by atoms with Gasteiger partial charge in [-0.05, 0) is 43.7 Å². The molecule has 1 aliphatic heterocycles. The number of carbonyl (C=O) groups is 1. The van der Waals surface area contributed by atoms with Gasteiger partial charge in [-0.3, -0.25) is 4.79 Å². The summed E-state index contributed by atoms with van der Waals surface area (Å²) in [6.07, 6.45) is 9.63. The van der Waals surface area contributed by atoms with E-state index in [4.69, 9.17) is 0 Å². The van der Waals surface area contributed by atoms with Crippen LogP contribution in [0.1, 0.15) is 68.9 Å². The largest absolute Gasteiger partial charge is 0.353 e. The van der Waals surface area contributed by atoms with Crippen molar-refractivity contribution in [2.75, 3.05) is 13.1 Å². The third-order valence-electron chi connectivity index (χ3n) is 6.27. The molecule has 1 saturated heterocycles. The van der Waals surface area contributed by atoms with E-state index < -0.39 is 10.0 Å². The number of rotatable bonds is 5. The van der Waals surface area contributed by atoms with Crippen LogP contribution < -0.4 is 5.32 Å². The molecule has 1 N–H and O–H groups in total. The first kappa shape index (κ1) is 21.3. The minimum absolute atomic E-state index is 0.0403. The molecule has 156 valence electrons. The molecule has 6 heteroatoms. The molecule has 1 saturated carbocycles. The first-order valence-corrected chi connectivity index (χ1v) is 12.4. The van der Waals surface area contributed by atoms with Gasteiger partial charge < -0.3 is 5.32 Å². The van der Waals surface area contributed by atoms with Crippen molar-refractivity contribution < 1.29 is 13.2 Å². The summed E-state index contributed by atoms with van der Waals surface area (Å²) in [5, 5.41) is 3.25. The van der Waals surface area contributed by atoms with Crippen molar-refractivity contribution in [2.24, 2.45) is 5.92 Å². The normalized spacial score (nSPS) is 21.0. The van der Waals surface area contributed by atoms with Crippen LogP contribution in [0.25, 0.3) is 0 Å². The van der Waals surface area contributed by atoms with Gasteiger partial charge in [0.25, 0.3) is 0 Å². The van der Waals surface area contributed by atoms with Gasteiger partial charge in [0, 0.05) is 25.0 Å². The molecular weight excluding hydrogens is 372 g/mol. The van der Waals surface area contributed by atoms with Gasteiger partial charge in [-0.1, -0.05) is 56.4 Å². The molecule has 1 aliphatic carbocycles. The van der Waals surface area contributed by atoms with Gasteiger partial charge in [-0.2, -0.15) is 0 Å². The van der Waals surface area contributed by atoms with E-state index >= 15 is 0 Å². The molecule has 1 aromatic carbocycles. The Morgan fingerprint density at radius 1 is 1.00 bits per heavy atom. The van der Waals surface area contributed by atoms with E-state index in [0.717, 1.165) is 24.0 Å². The Kier molecular flexibility index (Phi) is 7.52. The van der Waals surface area contributed by atoms with E-state index in [1.54, 1.807) is 4.31 Å². The highest BCUT2D eigenvalue weighted by molar-refractivity contribution is 7.88. The summed E-state index contributed by atoms with van der Waals surface area (Å²) in [6, 6.07) is 7.92. The minimum Gasteiger partial charge on any atom is -0.353 e. The number of nitrogens with one attached hydrogen (secondary N) is 1. The molecule has 0 atom stereocenters. The molecule has 0 aromatic heterocycles. The Balaban J connectivity index is 1.50. The average molecular weight is 407 g/mol. The van der Waals surface area contributed by atoms with Crippen molar-refractivity contribution in [3.63, 3.8) is 0 Å². The Labute approximate surface area is 169 Å². The zero-order valence-electron chi connectivity index (χ0n) is 17.0. The second kappa shape index (κ2) is 9.88. The number of benzene rings is 1. The summed E-state index contributed by atoms with van der Waals surface area (Å²) in [7, 11) is -3.34. The van der Waals surface area contributed by atoms with Gasteiger partial charge in [0.1, 0.15) is 0 Å². The number of nitrogens with zero attached hydrogens (tertiary/aromatic N) is 1. The molecular formula is C22H34N2O3S. The van der Waals surface area contributed by atoms with Crippen LogP contribution in [-0.2, 0) is 20.6 Å². The summed E-state index contributed by atoms with van der Waals surface area (Å²) < 4.78 is 27.2. The van der Waals surface area contributed by atoms with E-state index in [1.807, 2.05) is 31.2 Å². The summed E-state index contributed by atoms with van der Waals surface area (Å²) in [5.41, 5.74) is 1.85. The second-order valence-corrected chi connectivity index (χ2v) is 10.4. The van der Waals surface area contributed by atoms with Gasteiger partial charge in [-0.25, -0.2) is 12.7 Å². The SMILES string of the molecule is Cc1ccccc1CS(=O)(=O)N1CCC(C(=O)NC2CCCCCCC2)CC1. The lowest BCUT2D eigenvalue weighted by molar-refractivity contribution is -0.127. The van der Waals surface area contributed by atoms with E-state index in [9.17, 15) is 13.2 Å². The van der Waals surface area contributed by atoms with Gasteiger partial charge in [0.2, 0.25) is 15.9 Å². The molecule has 1 aromatic rings. The van der Waals surface area contributed by atoms with Crippen molar-refractivity contribution in [2.45, 2.75) is 76.5 Å². The van der Waals surface area contributed by atoms with Crippen LogP contribution >= 0.6 is 0 Å². The summed E-state index contributed by atoms with van der Waals surface area (Å²) in [5.74, 6) is 0.107. The standard InChI is InChI=1S/C22H34N2O3S/c1-18-9-7-8-10-20(18)17-28(26,27)24-15-13-19(14-16-24)22(25)23-21-11-5-3-2-4-6-12-21/h7-10,19,21H,2-6,11-17H2,1H3,(H,23,25). The number of aryl methyl sites for hydroxylation is 1. The maximum absolute atomic E-state index is 12.8. The number of carbonyl (C=O) groups excluding carboxylic acids is 1. The summed E-state index contributed by atoms with van der Waals surface area (Å²) >= 11 is 0. The summed E-state index contributed by atoms with van der Waals surface area (Å²) in [6.45, 7) is 2.82. The van der Waals surface area contributed by atoms with Crippen molar-refractivity contribution in [1.29, 1.82) is 0 Å². The zero-order chi connectivity index (χ0) is 20.0. The van der Waals surface area contributed by atoms with Crippen LogP contribution in [0.5, 0.6) is 0 Å². The maximum atomic E-state index is 12.8. The summed E-state index contributed by atoms with van der Waals surface area (Å²) in [4.78, 5) is 12.7. The second-order valence-electron chi connectivity index (χ2n) is 8.41. The molecule has 2 aliphatic rings. The molecule has 5 nitrogen and oxygen atoms in total. The van der Waals surface area contributed by atoms with Crippen molar-refractivity contribution >= 4 is 15.9 Å². The molecule has 0 unspecified atom stereocenters. The van der Waals surface area contributed by atoms with Crippen LogP contribution in [0.3, 0.4) is 0 Å². The number of sulfonamides is 1. The molecule has 0 spiro atoms. The molecule has 0 bridgehead atoms. The molecule has 1 heterocycles. The van der Waals surface area contributed by atoms with E-state index in [-0.39, 0.29) is 17.6 Å². The third kappa shape index (κ3) is 5.80. The first-order chi connectivity index (χ1) is 13.5. The molecule has 0 radical (unpaired) electrons. The molecule has 1 amide bonds. The fourth-order valence-electron chi connectivity index (χ4n) is 4.38. The predicted octanol–water partition coefficient (Wildman–Crippen LogP) is 3.77. The quantitative estimate of drug-likeness (QED) is 0.809. The van der Waals surface area contributed by atoms with Gasteiger partial charge in [0.05, 0.1) is 5.75 Å². The first-order valence-electron chi connectivity index (χ1n) is 10.8.